The second-order valence-corrected chi connectivity index (χ2v) is 6.00. The molecule has 0 unspecified atom stereocenters. The zero-order chi connectivity index (χ0) is 14.5. The summed E-state index contributed by atoms with van der Waals surface area (Å²) in [6, 6.07) is 7.49. The summed E-state index contributed by atoms with van der Waals surface area (Å²) in [5.74, 6) is 0.337. The van der Waals surface area contributed by atoms with Crippen molar-refractivity contribution in [2.24, 2.45) is 4.99 Å². The Morgan fingerprint density at radius 2 is 1.90 bits per heavy atom. The van der Waals surface area contributed by atoms with Gasteiger partial charge in [0.15, 0.2) is 0 Å². The lowest BCUT2D eigenvalue weighted by Crippen LogP contribution is -2.07. The molecule has 0 aliphatic heterocycles. The molecular weight excluding hydrogens is 315 g/mol. The molecule has 4 nitrogen and oxygen atoms in total. The van der Waals surface area contributed by atoms with Gasteiger partial charge in [-0.15, -0.1) is 0 Å². The lowest BCUT2D eigenvalue weighted by atomic mass is 10.4. The second-order valence-electron chi connectivity index (χ2n) is 4.09. The zero-order valence-electron chi connectivity index (χ0n) is 10.9. The minimum atomic E-state index is 0.337. The summed E-state index contributed by atoms with van der Waals surface area (Å²) in [5, 5.41) is 1.08. The molecule has 2 rings (SSSR count). The average Bonchev–Trinajstić information content (AvgIpc) is 2.41. The maximum atomic E-state index is 6.14. The van der Waals surface area contributed by atoms with Crippen molar-refractivity contribution in [2.45, 2.75) is 9.79 Å². The van der Waals surface area contributed by atoms with Gasteiger partial charge in [-0.05, 0) is 24.3 Å². The van der Waals surface area contributed by atoms with Crippen LogP contribution in [0.3, 0.4) is 0 Å². The number of hydrogen-bond acceptors (Lipinski definition) is 4. The fourth-order valence-corrected chi connectivity index (χ4v) is 2.40. The van der Waals surface area contributed by atoms with Gasteiger partial charge in [0.1, 0.15) is 5.15 Å². The van der Waals surface area contributed by atoms with E-state index in [2.05, 4.69) is 15.0 Å². The predicted molar refractivity (Wildman–Crippen MR) is 84.5 cm³/mol. The smallest absolute Gasteiger partial charge is 0.252 e. The van der Waals surface area contributed by atoms with Crippen molar-refractivity contribution in [1.29, 1.82) is 0 Å². The van der Waals surface area contributed by atoms with E-state index in [1.165, 1.54) is 11.8 Å². The highest BCUT2D eigenvalue weighted by molar-refractivity contribution is 7.99. The third-order valence-electron chi connectivity index (χ3n) is 2.14. The zero-order valence-corrected chi connectivity index (χ0v) is 13.2. The quantitative estimate of drug-likeness (QED) is 0.480. The maximum Gasteiger partial charge on any atom is 0.252 e. The van der Waals surface area contributed by atoms with Crippen LogP contribution in [0.1, 0.15) is 0 Å². The SMILES string of the molecule is CN(C)/C=N/c1ncc(Sc2ccc(Cl)cc2)c(Cl)n1. The van der Waals surface area contributed by atoms with Crippen LogP contribution in [0.4, 0.5) is 5.95 Å². The van der Waals surface area contributed by atoms with Crippen molar-refractivity contribution in [3.8, 4) is 0 Å². The number of aromatic nitrogens is 2. The standard InChI is InChI=1S/C13H12Cl2N4S/c1-19(2)8-17-13-16-7-11(12(15)18-13)20-10-5-3-9(14)4-6-10/h3-8H,1-2H3/b17-8+. The number of halogens is 2. The van der Waals surface area contributed by atoms with Gasteiger partial charge in [-0.3, -0.25) is 0 Å². The van der Waals surface area contributed by atoms with Gasteiger partial charge in [0.2, 0.25) is 0 Å². The van der Waals surface area contributed by atoms with Gasteiger partial charge in [-0.1, -0.05) is 35.0 Å². The minimum absolute atomic E-state index is 0.337. The maximum absolute atomic E-state index is 6.14. The normalized spacial score (nSPS) is 11.0. The van der Waals surface area contributed by atoms with E-state index in [4.69, 9.17) is 23.2 Å². The Kier molecular flexibility index (Phi) is 5.23. The Morgan fingerprint density at radius 3 is 2.50 bits per heavy atom. The molecule has 0 radical (unpaired) electrons. The summed E-state index contributed by atoms with van der Waals surface area (Å²) < 4.78 is 0. The van der Waals surface area contributed by atoms with Gasteiger partial charge < -0.3 is 4.90 Å². The molecule has 0 amide bonds. The molecule has 0 N–H and O–H groups in total. The number of rotatable bonds is 4. The summed E-state index contributed by atoms with van der Waals surface area (Å²) >= 11 is 13.5. The molecule has 7 heteroatoms. The summed E-state index contributed by atoms with van der Waals surface area (Å²) in [7, 11) is 3.74. The predicted octanol–water partition coefficient (Wildman–Crippen LogP) is 4.16. The van der Waals surface area contributed by atoms with Gasteiger partial charge in [0, 0.05) is 30.2 Å². The highest BCUT2D eigenvalue weighted by Crippen LogP contribution is 2.32. The molecule has 0 atom stereocenters. The fraction of sp³-hybridized carbons (Fsp3) is 0.154. The summed E-state index contributed by atoms with van der Waals surface area (Å²) in [6.45, 7) is 0. The number of hydrogen-bond donors (Lipinski definition) is 0. The summed E-state index contributed by atoms with van der Waals surface area (Å²) in [5.41, 5.74) is 0. The molecule has 0 saturated carbocycles. The van der Waals surface area contributed by atoms with E-state index < -0.39 is 0 Å². The molecule has 20 heavy (non-hydrogen) atoms. The Morgan fingerprint density at radius 1 is 1.20 bits per heavy atom. The van der Waals surface area contributed by atoms with Crippen molar-refractivity contribution in [3.05, 3.63) is 40.6 Å². The molecular formula is C13H12Cl2N4S. The fourth-order valence-electron chi connectivity index (χ4n) is 1.27. The van der Waals surface area contributed by atoms with Crippen LogP contribution < -0.4 is 0 Å². The monoisotopic (exact) mass is 326 g/mol. The molecule has 0 aliphatic rings. The molecule has 0 fully saturated rings. The van der Waals surface area contributed by atoms with Gasteiger partial charge >= 0.3 is 0 Å². The van der Waals surface area contributed by atoms with Crippen LogP contribution in [0.15, 0.2) is 45.2 Å². The molecule has 104 valence electrons. The van der Waals surface area contributed by atoms with E-state index in [9.17, 15) is 0 Å². The highest BCUT2D eigenvalue weighted by atomic mass is 35.5. The van der Waals surface area contributed by atoms with Crippen LogP contribution in [-0.4, -0.2) is 35.3 Å². The average molecular weight is 327 g/mol. The Balaban J connectivity index is 2.15. The van der Waals surface area contributed by atoms with Gasteiger partial charge in [0.05, 0.1) is 11.2 Å². The van der Waals surface area contributed by atoms with E-state index in [1.54, 1.807) is 17.4 Å². The van der Waals surface area contributed by atoms with Gasteiger partial charge in [-0.25, -0.2) is 9.98 Å². The third kappa shape index (κ3) is 4.37. The Bertz CT molecular complexity index is 614. The van der Waals surface area contributed by atoms with Crippen molar-refractivity contribution in [1.82, 2.24) is 14.9 Å². The second kappa shape index (κ2) is 6.92. The van der Waals surface area contributed by atoms with E-state index in [1.807, 2.05) is 38.4 Å². The first-order chi connectivity index (χ1) is 9.54. The van der Waals surface area contributed by atoms with Crippen LogP contribution in [0.2, 0.25) is 10.2 Å². The number of nitrogens with zero attached hydrogens (tertiary/aromatic N) is 4. The Hall–Kier alpha value is -1.30. The van der Waals surface area contributed by atoms with Crippen molar-refractivity contribution >= 4 is 47.3 Å². The number of benzene rings is 1. The lowest BCUT2D eigenvalue weighted by molar-refractivity contribution is 0.642. The van der Waals surface area contributed by atoms with Gasteiger partial charge in [0.25, 0.3) is 5.95 Å². The van der Waals surface area contributed by atoms with Crippen molar-refractivity contribution < 1.29 is 0 Å². The molecule has 0 saturated heterocycles. The molecule has 0 spiro atoms. The van der Waals surface area contributed by atoms with E-state index in [0.717, 1.165) is 9.79 Å². The Labute approximate surface area is 131 Å². The number of aliphatic imine (C=N–C) groups is 1. The van der Waals surface area contributed by atoms with Crippen LogP contribution in [0.25, 0.3) is 0 Å². The van der Waals surface area contributed by atoms with Crippen molar-refractivity contribution in [3.63, 3.8) is 0 Å². The first-order valence-corrected chi connectivity index (χ1v) is 7.28. The molecule has 0 aliphatic carbocycles. The van der Waals surface area contributed by atoms with E-state index >= 15 is 0 Å². The molecule has 0 bridgehead atoms. The van der Waals surface area contributed by atoms with Crippen molar-refractivity contribution in [2.75, 3.05) is 14.1 Å². The minimum Gasteiger partial charge on any atom is -0.369 e. The largest absolute Gasteiger partial charge is 0.369 e. The highest BCUT2D eigenvalue weighted by Gasteiger charge is 2.06. The molecule has 1 heterocycles. The topological polar surface area (TPSA) is 41.4 Å². The first kappa shape index (κ1) is 15.1. The van der Waals surface area contributed by atoms with Gasteiger partial charge in [-0.2, -0.15) is 4.98 Å². The first-order valence-electron chi connectivity index (χ1n) is 5.71. The third-order valence-corrected chi connectivity index (χ3v) is 3.82. The molecule has 1 aromatic carbocycles. The lowest BCUT2D eigenvalue weighted by Gasteiger charge is -2.05. The molecule has 1 aromatic heterocycles. The van der Waals surface area contributed by atoms with Crippen LogP contribution in [0, 0.1) is 0 Å². The molecule has 2 aromatic rings. The van der Waals surface area contributed by atoms with E-state index in [0.29, 0.717) is 16.1 Å². The van der Waals surface area contributed by atoms with Crippen LogP contribution in [0.5, 0.6) is 0 Å². The summed E-state index contributed by atoms with van der Waals surface area (Å²) in [6.07, 6.45) is 3.29. The van der Waals surface area contributed by atoms with E-state index in [-0.39, 0.29) is 0 Å². The van der Waals surface area contributed by atoms with Crippen LogP contribution >= 0.6 is 35.0 Å². The summed E-state index contributed by atoms with van der Waals surface area (Å²) in [4.78, 5) is 16.0. The van der Waals surface area contributed by atoms with Crippen LogP contribution in [-0.2, 0) is 0 Å².